The van der Waals surface area contributed by atoms with E-state index in [4.69, 9.17) is 9.47 Å². The summed E-state index contributed by atoms with van der Waals surface area (Å²) in [5, 5.41) is 0. The maximum Gasteiger partial charge on any atom is 0.338 e. The summed E-state index contributed by atoms with van der Waals surface area (Å²) in [6.07, 6.45) is 1.73. The molecule has 2 amide bonds. The Morgan fingerprint density at radius 1 is 1.29 bits per heavy atom. The summed E-state index contributed by atoms with van der Waals surface area (Å²) in [7, 11) is 0. The summed E-state index contributed by atoms with van der Waals surface area (Å²) >= 11 is 2.58. The van der Waals surface area contributed by atoms with E-state index in [0.717, 1.165) is 10.2 Å². The second kappa shape index (κ2) is 11.3. The van der Waals surface area contributed by atoms with Crippen LogP contribution in [-0.4, -0.2) is 71.7 Å². The van der Waals surface area contributed by atoms with Crippen LogP contribution in [0.25, 0.3) is 10.2 Å². The molecule has 166 valence electrons. The molecule has 0 atom stereocenters. The minimum atomic E-state index is -0.385. The Hall–Kier alpha value is -2.43. The van der Waals surface area contributed by atoms with Crippen molar-refractivity contribution in [2.45, 2.75) is 13.5 Å². The van der Waals surface area contributed by atoms with Gasteiger partial charge in [0.25, 0.3) is 5.91 Å². The highest BCUT2D eigenvalue weighted by Gasteiger charge is 2.17. The van der Waals surface area contributed by atoms with Crippen molar-refractivity contribution in [1.82, 2.24) is 9.47 Å². The average molecular weight is 464 g/mol. The summed E-state index contributed by atoms with van der Waals surface area (Å²) in [5.74, 6) is -0.328. The number of rotatable bonds is 8. The molecule has 10 heteroatoms. The fraction of sp³-hybridized carbons (Fsp3) is 0.429. The third-order valence-electron chi connectivity index (χ3n) is 4.54. The third-order valence-corrected chi connectivity index (χ3v) is 6.48. The molecule has 1 fully saturated rings. The average Bonchev–Trinajstić information content (AvgIpc) is 3.10. The molecule has 1 aromatic carbocycles. The SMILES string of the molecule is C=CCn1c(=NC(=O)CSCC(=O)N2CCOCC2)sc2cc(C(=O)OCC)ccc21. The van der Waals surface area contributed by atoms with E-state index < -0.39 is 0 Å². The first-order valence-corrected chi connectivity index (χ1v) is 11.9. The van der Waals surface area contributed by atoms with Crippen molar-refractivity contribution in [3.63, 3.8) is 0 Å². The number of morpholine rings is 1. The molecule has 8 nitrogen and oxygen atoms in total. The van der Waals surface area contributed by atoms with Gasteiger partial charge < -0.3 is 18.9 Å². The Morgan fingerprint density at radius 3 is 2.77 bits per heavy atom. The molecule has 0 radical (unpaired) electrons. The summed E-state index contributed by atoms with van der Waals surface area (Å²) in [5.41, 5.74) is 1.32. The van der Waals surface area contributed by atoms with E-state index in [0.29, 0.717) is 49.8 Å². The van der Waals surface area contributed by atoms with Crippen LogP contribution in [-0.2, 0) is 25.6 Å². The molecule has 0 aliphatic carbocycles. The predicted molar refractivity (Wildman–Crippen MR) is 121 cm³/mol. The van der Waals surface area contributed by atoms with E-state index in [1.54, 1.807) is 30.0 Å². The zero-order chi connectivity index (χ0) is 22.2. The molecule has 0 spiro atoms. The van der Waals surface area contributed by atoms with Gasteiger partial charge in [0.2, 0.25) is 5.91 Å². The number of thiazole rings is 1. The van der Waals surface area contributed by atoms with Crippen LogP contribution in [0.4, 0.5) is 0 Å². The molecule has 1 aromatic heterocycles. The number of esters is 1. The van der Waals surface area contributed by atoms with Gasteiger partial charge in [-0.1, -0.05) is 17.4 Å². The lowest BCUT2D eigenvalue weighted by molar-refractivity contribution is -0.132. The number of carbonyl (C=O) groups is 3. The molecular weight excluding hydrogens is 438 g/mol. The summed E-state index contributed by atoms with van der Waals surface area (Å²) in [4.78, 5) is 43.2. The zero-order valence-electron chi connectivity index (χ0n) is 17.4. The zero-order valence-corrected chi connectivity index (χ0v) is 19.0. The lowest BCUT2D eigenvalue weighted by Gasteiger charge is -2.26. The minimum Gasteiger partial charge on any atom is -0.462 e. The van der Waals surface area contributed by atoms with Crippen molar-refractivity contribution in [3.8, 4) is 0 Å². The van der Waals surface area contributed by atoms with Gasteiger partial charge in [-0.05, 0) is 25.1 Å². The Labute approximate surface area is 188 Å². The molecule has 3 rings (SSSR count). The second-order valence-electron chi connectivity index (χ2n) is 6.68. The Balaban J connectivity index is 1.72. The monoisotopic (exact) mass is 463 g/mol. The fourth-order valence-electron chi connectivity index (χ4n) is 3.07. The number of amides is 2. The molecule has 1 aliphatic heterocycles. The van der Waals surface area contributed by atoms with E-state index in [-0.39, 0.29) is 29.3 Å². The van der Waals surface area contributed by atoms with Crippen LogP contribution in [0, 0.1) is 0 Å². The molecule has 0 N–H and O–H groups in total. The summed E-state index contributed by atoms with van der Waals surface area (Å²) < 4.78 is 13.0. The molecule has 2 aromatic rings. The van der Waals surface area contributed by atoms with Crippen LogP contribution in [0.1, 0.15) is 17.3 Å². The molecule has 31 heavy (non-hydrogen) atoms. The standard InChI is InChI=1S/C21H25N3O5S2/c1-3-7-24-16-6-5-15(20(27)29-4-2)12-17(16)31-21(24)22-18(25)13-30-14-19(26)23-8-10-28-11-9-23/h3,5-6,12H,1,4,7-11,13-14H2,2H3. The molecular formula is C21H25N3O5S2. The largest absolute Gasteiger partial charge is 0.462 e. The van der Waals surface area contributed by atoms with Gasteiger partial charge in [0.05, 0.1) is 47.1 Å². The topological polar surface area (TPSA) is 90.2 Å². The highest BCUT2D eigenvalue weighted by Crippen LogP contribution is 2.20. The summed E-state index contributed by atoms with van der Waals surface area (Å²) in [6.45, 7) is 8.61. The second-order valence-corrected chi connectivity index (χ2v) is 8.67. The quantitative estimate of drug-likeness (QED) is 0.440. The Kier molecular flexibility index (Phi) is 8.44. The van der Waals surface area contributed by atoms with Crippen LogP contribution in [0.5, 0.6) is 0 Å². The first kappa shape index (κ1) is 23.2. The highest BCUT2D eigenvalue weighted by atomic mass is 32.2. The van der Waals surface area contributed by atoms with Crippen LogP contribution in [0.3, 0.4) is 0 Å². The van der Waals surface area contributed by atoms with Gasteiger partial charge in [0.15, 0.2) is 4.80 Å². The normalized spacial score (nSPS) is 14.6. The Bertz CT molecular complexity index is 1040. The molecule has 2 heterocycles. The molecule has 1 aliphatic rings. The highest BCUT2D eigenvalue weighted by molar-refractivity contribution is 8.00. The van der Waals surface area contributed by atoms with Crippen molar-refractivity contribution < 1.29 is 23.9 Å². The van der Waals surface area contributed by atoms with Crippen molar-refractivity contribution >= 4 is 51.1 Å². The molecule has 0 saturated carbocycles. The van der Waals surface area contributed by atoms with Crippen molar-refractivity contribution in [1.29, 1.82) is 0 Å². The van der Waals surface area contributed by atoms with Gasteiger partial charge in [-0.15, -0.1) is 18.3 Å². The Morgan fingerprint density at radius 2 is 2.06 bits per heavy atom. The predicted octanol–water partition coefficient (Wildman–Crippen LogP) is 2.08. The number of allylic oxidation sites excluding steroid dienone is 1. The number of ether oxygens (including phenoxy) is 2. The molecule has 1 saturated heterocycles. The van der Waals surface area contributed by atoms with E-state index in [1.165, 1.54) is 23.1 Å². The van der Waals surface area contributed by atoms with Crippen LogP contribution >= 0.6 is 23.1 Å². The minimum absolute atomic E-state index is 0.0104. The van der Waals surface area contributed by atoms with Crippen molar-refractivity contribution in [2.24, 2.45) is 4.99 Å². The van der Waals surface area contributed by atoms with E-state index in [1.807, 2.05) is 10.6 Å². The van der Waals surface area contributed by atoms with E-state index in [2.05, 4.69) is 11.6 Å². The van der Waals surface area contributed by atoms with Gasteiger partial charge in [-0.25, -0.2) is 4.79 Å². The first-order chi connectivity index (χ1) is 15.0. The van der Waals surface area contributed by atoms with Gasteiger partial charge in [-0.3, -0.25) is 9.59 Å². The number of thioether (sulfide) groups is 1. The number of fused-ring (bicyclic) bond motifs is 1. The molecule has 0 bridgehead atoms. The number of hydrogen-bond acceptors (Lipinski definition) is 7. The lowest BCUT2D eigenvalue weighted by atomic mass is 10.2. The van der Waals surface area contributed by atoms with Gasteiger partial charge in [0, 0.05) is 19.6 Å². The number of benzene rings is 1. The van der Waals surface area contributed by atoms with Gasteiger partial charge in [-0.2, -0.15) is 4.99 Å². The number of nitrogens with zero attached hydrogens (tertiary/aromatic N) is 3. The van der Waals surface area contributed by atoms with E-state index >= 15 is 0 Å². The smallest absolute Gasteiger partial charge is 0.338 e. The van der Waals surface area contributed by atoms with Crippen LogP contribution in [0.2, 0.25) is 0 Å². The van der Waals surface area contributed by atoms with Crippen molar-refractivity contribution in [3.05, 3.63) is 41.2 Å². The van der Waals surface area contributed by atoms with E-state index in [9.17, 15) is 14.4 Å². The number of carbonyl (C=O) groups excluding carboxylic acids is 3. The molecule has 0 unspecified atom stereocenters. The number of hydrogen-bond donors (Lipinski definition) is 0. The van der Waals surface area contributed by atoms with Gasteiger partial charge in [0.1, 0.15) is 0 Å². The number of aromatic nitrogens is 1. The first-order valence-electron chi connectivity index (χ1n) is 9.95. The summed E-state index contributed by atoms with van der Waals surface area (Å²) in [6, 6.07) is 5.27. The van der Waals surface area contributed by atoms with Crippen molar-refractivity contribution in [2.75, 3.05) is 44.4 Å². The van der Waals surface area contributed by atoms with Crippen LogP contribution in [0.15, 0.2) is 35.8 Å². The third kappa shape index (κ3) is 6.05. The maximum absolute atomic E-state index is 12.4. The lowest BCUT2D eigenvalue weighted by Crippen LogP contribution is -2.41. The maximum atomic E-state index is 12.4. The fourth-order valence-corrected chi connectivity index (χ4v) is 4.87. The van der Waals surface area contributed by atoms with Crippen LogP contribution < -0.4 is 4.80 Å². The van der Waals surface area contributed by atoms with Gasteiger partial charge >= 0.3 is 5.97 Å².